The lowest BCUT2D eigenvalue weighted by molar-refractivity contribution is -0.124. The minimum absolute atomic E-state index is 0.0641. The Kier molecular flexibility index (Phi) is 10.3. The van der Waals surface area contributed by atoms with Gasteiger partial charge in [-0.2, -0.15) is 0 Å². The average molecular weight is 503 g/mol. The van der Waals surface area contributed by atoms with Crippen molar-refractivity contribution in [2.75, 3.05) is 0 Å². The van der Waals surface area contributed by atoms with Gasteiger partial charge in [-0.3, -0.25) is 19.2 Å². The summed E-state index contributed by atoms with van der Waals surface area (Å²) in [4.78, 5) is 47.8. The van der Waals surface area contributed by atoms with Gasteiger partial charge in [-0.15, -0.1) is 0 Å². The van der Waals surface area contributed by atoms with Crippen molar-refractivity contribution < 1.29 is 28.6 Å². The molecule has 2 rings (SSSR count). The highest BCUT2D eigenvalue weighted by Crippen LogP contribution is 2.30. The molecule has 0 unspecified atom stereocenters. The van der Waals surface area contributed by atoms with Crippen LogP contribution in [0.2, 0.25) is 0 Å². The predicted molar refractivity (Wildman–Crippen MR) is 135 cm³/mol. The van der Waals surface area contributed by atoms with Crippen LogP contribution in [0.3, 0.4) is 0 Å². The highest BCUT2D eigenvalue weighted by Gasteiger charge is 2.22. The maximum absolute atomic E-state index is 12.4. The summed E-state index contributed by atoms with van der Waals surface area (Å²) in [6.07, 6.45) is 7.18. The van der Waals surface area contributed by atoms with E-state index < -0.39 is 22.4 Å². The number of rotatable bonds is 15. The molecule has 36 heavy (non-hydrogen) atoms. The zero-order valence-electron chi connectivity index (χ0n) is 21.7. The van der Waals surface area contributed by atoms with Gasteiger partial charge in [0.1, 0.15) is 35.6 Å². The van der Waals surface area contributed by atoms with Gasteiger partial charge in [-0.05, 0) is 36.5 Å². The first kappa shape index (κ1) is 29.1. The van der Waals surface area contributed by atoms with Gasteiger partial charge in [0.05, 0.1) is 0 Å². The van der Waals surface area contributed by atoms with Gasteiger partial charge in [0.15, 0.2) is 11.5 Å². The summed E-state index contributed by atoms with van der Waals surface area (Å²) < 4.78 is 10.5. The van der Waals surface area contributed by atoms with Crippen LogP contribution in [-0.2, 0) is 22.4 Å². The Morgan fingerprint density at radius 2 is 1.03 bits per heavy atom. The minimum Gasteiger partial charge on any atom is -0.502 e. The summed E-state index contributed by atoms with van der Waals surface area (Å²) >= 11 is 0. The molecule has 2 N–H and O–H groups in total. The van der Waals surface area contributed by atoms with E-state index in [1.165, 1.54) is 12.1 Å². The lowest BCUT2D eigenvalue weighted by Crippen LogP contribution is -2.17. The van der Waals surface area contributed by atoms with Crippen molar-refractivity contribution in [2.24, 2.45) is 10.8 Å². The van der Waals surface area contributed by atoms with E-state index in [0.717, 1.165) is 25.4 Å². The summed E-state index contributed by atoms with van der Waals surface area (Å²) in [5.41, 5.74) is -1.22. The fourth-order valence-corrected chi connectivity index (χ4v) is 3.81. The Hall–Kier alpha value is -3.16. The molecule has 2 aromatic rings. The second-order valence-corrected chi connectivity index (χ2v) is 11.1. The van der Waals surface area contributed by atoms with E-state index in [0.29, 0.717) is 50.0 Å². The molecule has 0 fully saturated rings. The SMILES string of the molecule is CC(C)(CCC(=O)CCC(=O)CCC(C)(C)CCc1cc(=O)c(O)co1)CCc1cc(=O)c(O)co1. The lowest BCUT2D eigenvalue weighted by Gasteiger charge is -2.24. The monoisotopic (exact) mass is 502 g/mol. The van der Waals surface area contributed by atoms with Crippen molar-refractivity contribution >= 4 is 11.6 Å². The van der Waals surface area contributed by atoms with Crippen LogP contribution < -0.4 is 10.9 Å². The number of hydrogen-bond donors (Lipinski definition) is 2. The van der Waals surface area contributed by atoms with Gasteiger partial charge in [0.2, 0.25) is 10.9 Å². The molecular weight excluding hydrogens is 464 g/mol. The van der Waals surface area contributed by atoms with Gasteiger partial charge < -0.3 is 19.0 Å². The maximum atomic E-state index is 12.4. The second kappa shape index (κ2) is 12.7. The predicted octanol–water partition coefficient (Wildman–Crippen LogP) is 5.10. The van der Waals surface area contributed by atoms with Crippen LogP contribution in [0.4, 0.5) is 0 Å². The normalized spacial score (nSPS) is 12.0. The number of aromatic hydroxyl groups is 2. The van der Waals surface area contributed by atoms with E-state index in [9.17, 15) is 29.4 Å². The molecule has 0 spiro atoms. The Labute approximate surface area is 211 Å². The van der Waals surface area contributed by atoms with Crippen LogP contribution in [0, 0.1) is 10.8 Å². The molecule has 2 heterocycles. The van der Waals surface area contributed by atoms with Crippen LogP contribution in [0.25, 0.3) is 0 Å². The number of hydrogen-bond acceptors (Lipinski definition) is 8. The zero-order chi connectivity index (χ0) is 26.9. The molecule has 8 nitrogen and oxygen atoms in total. The summed E-state index contributed by atoms with van der Waals surface area (Å²) in [6, 6.07) is 2.57. The van der Waals surface area contributed by atoms with E-state index in [2.05, 4.69) is 27.7 Å². The van der Waals surface area contributed by atoms with Gasteiger partial charge in [0.25, 0.3) is 0 Å². The lowest BCUT2D eigenvalue weighted by atomic mass is 9.81. The topological polar surface area (TPSA) is 135 Å². The number of ketones is 2. The Morgan fingerprint density at radius 1 is 0.667 bits per heavy atom. The first-order chi connectivity index (χ1) is 16.8. The molecule has 0 saturated carbocycles. The molecule has 8 heteroatoms. The van der Waals surface area contributed by atoms with Crippen molar-refractivity contribution in [3.05, 3.63) is 56.6 Å². The third-order valence-corrected chi connectivity index (χ3v) is 6.67. The minimum atomic E-state index is -0.469. The molecule has 0 saturated heterocycles. The molecule has 0 atom stereocenters. The molecule has 0 bridgehead atoms. The molecule has 0 radical (unpaired) electrons. The molecule has 0 amide bonds. The van der Waals surface area contributed by atoms with Crippen LogP contribution in [0.1, 0.15) is 90.6 Å². The highest BCUT2D eigenvalue weighted by molar-refractivity contribution is 5.86. The number of Topliss-reactive ketones (excluding diaryl/α,β-unsaturated/α-hetero) is 2. The molecular formula is C28H38O8. The quantitative estimate of drug-likeness (QED) is 0.343. The molecule has 0 aliphatic heterocycles. The molecule has 0 aromatic carbocycles. The Balaban J connectivity index is 1.67. The van der Waals surface area contributed by atoms with Gasteiger partial charge in [-0.25, -0.2) is 0 Å². The smallest absolute Gasteiger partial charge is 0.226 e. The first-order valence-electron chi connectivity index (χ1n) is 12.4. The van der Waals surface area contributed by atoms with E-state index in [1.54, 1.807) is 0 Å². The van der Waals surface area contributed by atoms with Gasteiger partial charge >= 0.3 is 0 Å². The largest absolute Gasteiger partial charge is 0.502 e. The summed E-state index contributed by atoms with van der Waals surface area (Å²) in [7, 11) is 0. The molecule has 0 aliphatic rings. The zero-order valence-corrected chi connectivity index (χ0v) is 21.7. The van der Waals surface area contributed by atoms with Crippen LogP contribution >= 0.6 is 0 Å². The van der Waals surface area contributed by atoms with Crippen molar-refractivity contribution in [3.63, 3.8) is 0 Å². The number of aryl methyl sites for hydroxylation is 2. The summed E-state index contributed by atoms with van der Waals surface area (Å²) in [5.74, 6) is 0.302. The van der Waals surface area contributed by atoms with Crippen molar-refractivity contribution in [3.8, 4) is 11.5 Å². The third-order valence-electron chi connectivity index (χ3n) is 6.67. The van der Waals surface area contributed by atoms with E-state index >= 15 is 0 Å². The number of carbonyl (C=O) groups is 2. The molecule has 198 valence electrons. The standard InChI is InChI=1S/C28H38O8/c1-27(2,13-9-21-15-23(31)25(33)17-35-21)11-7-19(29)5-6-20(30)8-12-28(3,4)14-10-22-16-24(32)26(34)18-36-22/h15-18,33-34H,5-14H2,1-4H3. The van der Waals surface area contributed by atoms with E-state index in [-0.39, 0.29) is 35.2 Å². The van der Waals surface area contributed by atoms with Crippen molar-refractivity contribution in [1.29, 1.82) is 0 Å². The van der Waals surface area contributed by atoms with Crippen LogP contribution in [0.15, 0.2) is 43.1 Å². The summed E-state index contributed by atoms with van der Waals surface area (Å²) in [6.45, 7) is 8.20. The Morgan fingerprint density at radius 3 is 1.36 bits per heavy atom. The van der Waals surface area contributed by atoms with Crippen LogP contribution in [0.5, 0.6) is 11.5 Å². The second-order valence-electron chi connectivity index (χ2n) is 11.1. The maximum Gasteiger partial charge on any atom is 0.226 e. The summed E-state index contributed by atoms with van der Waals surface area (Å²) in [5, 5.41) is 18.6. The molecule has 2 aromatic heterocycles. The average Bonchev–Trinajstić information content (AvgIpc) is 2.82. The Bertz CT molecular complexity index is 1060. The van der Waals surface area contributed by atoms with Gasteiger partial charge in [0, 0.05) is 50.7 Å². The molecule has 0 aliphatic carbocycles. The number of carbonyl (C=O) groups excluding carboxylic acids is 2. The third kappa shape index (κ3) is 10.2. The van der Waals surface area contributed by atoms with Crippen LogP contribution in [-0.4, -0.2) is 21.8 Å². The van der Waals surface area contributed by atoms with Crippen molar-refractivity contribution in [1.82, 2.24) is 0 Å². The first-order valence-corrected chi connectivity index (χ1v) is 12.4. The van der Waals surface area contributed by atoms with Crippen molar-refractivity contribution in [2.45, 2.75) is 91.9 Å². The highest BCUT2D eigenvalue weighted by atomic mass is 16.4. The van der Waals surface area contributed by atoms with Gasteiger partial charge in [-0.1, -0.05) is 27.7 Å². The van der Waals surface area contributed by atoms with E-state index in [1.807, 2.05) is 0 Å². The fraction of sp³-hybridized carbons (Fsp3) is 0.571. The van der Waals surface area contributed by atoms with E-state index in [4.69, 9.17) is 8.83 Å². The fourth-order valence-electron chi connectivity index (χ4n) is 3.81.